The lowest BCUT2D eigenvalue weighted by Gasteiger charge is -2.17. The van der Waals surface area contributed by atoms with Crippen LogP contribution in [0, 0.1) is 0 Å². The molecule has 0 saturated heterocycles. The summed E-state index contributed by atoms with van der Waals surface area (Å²) in [6.45, 7) is 1.81. The zero-order chi connectivity index (χ0) is 19.3. The summed E-state index contributed by atoms with van der Waals surface area (Å²) in [5.74, 6) is 0.405. The van der Waals surface area contributed by atoms with Gasteiger partial charge in [-0.1, -0.05) is 25.1 Å². The standard InChI is InChI=1S/C19H20F3NO3/c1-12(14-9-8-13(25-2)11-17(14)26-3)10-18(24)23-16-7-5-4-6-15(16)19(20,21)22/h4-9,11-12H,10H2,1-3H3,(H,23,24). The molecule has 0 aromatic heterocycles. The fourth-order valence-corrected chi connectivity index (χ4v) is 2.65. The van der Waals surface area contributed by atoms with Crippen LogP contribution in [0.4, 0.5) is 18.9 Å². The van der Waals surface area contributed by atoms with Crippen molar-refractivity contribution in [3.05, 3.63) is 53.6 Å². The Morgan fingerprint density at radius 1 is 1.12 bits per heavy atom. The highest BCUT2D eigenvalue weighted by molar-refractivity contribution is 5.92. The molecule has 0 saturated carbocycles. The summed E-state index contributed by atoms with van der Waals surface area (Å²) in [5, 5.41) is 2.35. The van der Waals surface area contributed by atoms with Gasteiger partial charge in [0, 0.05) is 12.5 Å². The average Bonchev–Trinajstić information content (AvgIpc) is 2.60. The summed E-state index contributed by atoms with van der Waals surface area (Å²) in [6.07, 6.45) is -4.52. The van der Waals surface area contributed by atoms with Gasteiger partial charge in [0.1, 0.15) is 11.5 Å². The molecule has 0 aliphatic rings. The van der Waals surface area contributed by atoms with E-state index < -0.39 is 17.6 Å². The zero-order valence-electron chi connectivity index (χ0n) is 14.7. The number of halogens is 3. The number of ether oxygens (including phenoxy) is 2. The summed E-state index contributed by atoms with van der Waals surface area (Å²) in [5.41, 5.74) is -0.352. The number of alkyl halides is 3. The van der Waals surface area contributed by atoms with Gasteiger partial charge in [0.15, 0.2) is 0 Å². The molecule has 0 aliphatic carbocycles. The highest BCUT2D eigenvalue weighted by Crippen LogP contribution is 2.35. The predicted molar refractivity (Wildman–Crippen MR) is 92.7 cm³/mol. The van der Waals surface area contributed by atoms with Crippen molar-refractivity contribution in [1.29, 1.82) is 0 Å². The summed E-state index contributed by atoms with van der Waals surface area (Å²) in [6, 6.07) is 10.1. The predicted octanol–water partition coefficient (Wildman–Crippen LogP) is 4.85. The first-order valence-corrected chi connectivity index (χ1v) is 7.94. The summed E-state index contributed by atoms with van der Waals surface area (Å²) in [7, 11) is 3.04. The van der Waals surface area contributed by atoms with E-state index in [2.05, 4.69) is 5.32 Å². The highest BCUT2D eigenvalue weighted by atomic mass is 19.4. The number of carbonyl (C=O) groups is 1. The van der Waals surface area contributed by atoms with Gasteiger partial charge in [0.05, 0.1) is 25.5 Å². The molecule has 0 bridgehead atoms. The van der Waals surface area contributed by atoms with Crippen LogP contribution in [0.1, 0.15) is 30.4 Å². The number of amides is 1. The van der Waals surface area contributed by atoms with Crippen molar-refractivity contribution in [2.75, 3.05) is 19.5 Å². The van der Waals surface area contributed by atoms with Crippen LogP contribution in [0.15, 0.2) is 42.5 Å². The quantitative estimate of drug-likeness (QED) is 0.794. The molecule has 140 valence electrons. The molecule has 2 aromatic carbocycles. The van der Waals surface area contributed by atoms with Crippen LogP contribution in [-0.2, 0) is 11.0 Å². The molecule has 2 aromatic rings. The topological polar surface area (TPSA) is 47.6 Å². The maximum absolute atomic E-state index is 13.0. The molecule has 0 heterocycles. The molecule has 1 unspecified atom stereocenters. The molecular formula is C19H20F3NO3. The lowest BCUT2D eigenvalue weighted by Crippen LogP contribution is -2.18. The largest absolute Gasteiger partial charge is 0.497 e. The van der Waals surface area contributed by atoms with Gasteiger partial charge < -0.3 is 14.8 Å². The van der Waals surface area contributed by atoms with Gasteiger partial charge in [-0.15, -0.1) is 0 Å². The number of hydrogen-bond acceptors (Lipinski definition) is 3. The molecule has 0 aliphatic heterocycles. The number of carbonyl (C=O) groups excluding carboxylic acids is 1. The Labute approximate surface area is 149 Å². The lowest BCUT2D eigenvalue weighted by molar-refractivity contribution is -0.137. The SMILES string of the molecule is COc1ccc(C(C)CC(=O)Nc2ccccc2C(F)(F)F)c(OC)c1. The molecule has 2 rings (SSSR count). The second-order valence-electron chi connectivity index (χ2n) is 5.80. The van der Waals surface area contributed by atoms with Crippen molar-refractivity contribution in [3.8, 4) is 11.5 Å². The normalized spacial score (nSPS) is 12.4. The summed E-state index contributed by atoms with van der Waals surface area (Å²) in [4.78, 5) is 12.3. The number of benzene rings is 2. The van der Waals surface area contributed by atoms with Crippen molar-refractivity contribution in [3.63, 3.8) is 0 Å². The van der Waals surface area contributed by atoms with Gasteiger partial charge in [-0.2, -0.15) is 13.2 Å². The van der Waals surface area contributed by atoms with E-state index in [1.807, 2.05) is 0 Å². The van der Waals surface area contributed by atoms with Gasteiger partial charge in [0.25, 0.3) is 0 Å². The van der Waals surface area contributed by atoms with Crippen molar-refractivity contribution in [2.24, 2.45) is 0 Å². The molecule has 4 nitrogen and oxygen atoms in total. The maximum atomic E-state index is 13.0. The van der Waals surface area contributed by atoms with Crippen molar-refractivity contribution in [1.82, 2.24) is 0 Å². The Kier molecular flexibility index (Phi) is 6.13. The first-order chi connectivity index (χ1) is 12.3. The first kappa shape index (κ1) is 19.6. The number of anilines is 1. The van der Waals surface area contributed by atoms with E-state index in [9.17, 15) is 18.0 Å². The fourth-order valence-electron chi connectivity index (χ4n) is 2.65. The van der Waals surface area contributed by atoms with Crippen molar-refractivity contribution in [2.45, 2.75) is 25.4 Å². The van der Waals surface area contributed by atoms with E-state index >= 15 is 0 Å². The second kappa shape index (κ2) is 8.12. The Bertz CT molecular complexity index is 775. The van der Waals surface area contributed by atoms with Crippen LogP contribution in [0.5, 0.6) is 11.5 Å². The van der Waals surface area contributed by atoms with Crippen LogP contribution in [0.2, 0.25) is 0 Å². The molecule has 1 atom stereocenters. The van der Waals surface area contributed by atoms with E-state index in [1.54, 1.807) is 25.1 Å². The third kappa shape index (κ3) is 4.68. The molecule has 0 spiro atoms. The van der Waals surface area contributed by atoms with Crippen LogP contribution >= 0.6 is 0 Å². The van der Waals surface area contributed by atoms with Crippen LogP contribution in [-0.4, -0.2) is 20.1 Å². The molecule has 26 heavy (non-hydrogen) atoms. The van der Waals surface area contributed by atoms with Crippen molar-refractivity contribution < 1.29 is 27.4 Å². The summed E-state index contributed by atoms with van der Waals surface area (Å²) >= 11 is 0. The molecule has 1 amide bonds. The van der Waals surface area contributed by atoms with Crippen LogP contribution in [0.25, 0.3) is 0 Å². The minimum Gasteiger partial charge on any atom is -0.497 e. The minimum absolute atomic E-state index is 0.00881. The fraction of sp³-hybridized carbons (Fsp3) is 0.316. The molecular weight excluding hydrogens is 347 g/mol. The number of methoxy groups -OCH3 is 2. The van der Waals surface area contributed by atoms with Gasteiger partial charge in [-0.25, -0.2) is 0 Å². The second-order valence-corrected chi connectivity index (χ2v) is 5.80. The molecule has 7 heteroatoms. The number of hydrogen-bond donors (Lipinski definition) is 1. The smallest absolute Gasteiger partial charge is 0.418 e. The van der Waals surface area contributed by atoms with E-state index in [1.165, 1.54) is 32.4 Å². The van der Waals surface area contributed by atoms with Gasteiger partial charge in [0.2, 0.25) is 5.91 Å². The van der Waals surface area contributed by atoms with E-state index in [-0.39, 0.29) is 18.0 Å². The molecule has 1 N–H and O–H groups in total. The first-order valence-electron chi connectivity index (χ1n) is 7.94. The Hall–Kier alpha value is -2.70. The van der Waals surface area contributed by atoms with Crippen LogP contribution in [0.3, 0.4) is 0 Å². The van der Waals surface area contributed by atoms with E-state index in [0.717, 1.165) is 11.6 Å². The molecule has 0 fully saturated rings. The number of rotatable bonds is 6. The highest BCUT2D eigenvalue weighted by Gasteiger charge is 2.33. The van der Waals surface area contributed by atoms with Gasteiger partial charge in [-0.05, 0) is 29.7 Å². The average molecular weight is 367 g/mol. The number of nitrogens with one attached hydrogen (secondary N) is 1. The lowest BCUT2D eigenvalue weighted by atomic mass is 9.96. The van der Waals surface area contributed by atoms with Crippen LogP contribution < -0.4 is 14.8 Å². The molecule has 0 radical (unpaired) electrons. The third-order valence-corrected chi connectivity index (χ3v) is 3.97. The minimum atomic E-state index is -4.53. The van der Waals surface area contributed by atoms with E-state index in [4.69, 9.17) is 9.47 Å². The Balaban J connectivity index is 2.14. The Morgan fingerprint density at radius 3 is 2.42 bits per heavy atom. The summed E-state index contributed by atoms with van der Waals surface area (Å²) < 4.78 is 49.5. The van der Waals surface area contributed by atoms with Gasteiger partial charge in [-0.3, -0.25) is 4.79 Å². The van der Waals surface area contributed by atoms with E-state index in [0.29, 0.717) is 11.5 Å². The maximum Gasteiger partial charge on any atom is 0.418 e. The number of para-hydroxylation sites is 1. The third-order valence-electron chi connectivity index (χ3n) is 3.97. The van der Waals surface area contributed by atoms with Gasteiger partial charge >= 0.3 is 6.18 Å². The zero-order valence-corrected chi connectivity index (χ0v) is 14.7. The Morgan fingerprint density at radius 2 is 1.81 bits per heavy atom. The van der Waals surface area contributed by atoms with Crippen molar-refractivity contribution >= 4 is 11.6 Å². The monoisotopic (exact) mass is 367 g/mol.